The summed E-state index contributed by atoms with van der Waals surface area (Å²) in [6, 6.07) is 1.27. The average molecular weight is 656 g/mol. The van der Waals surface area contributed by atoms with Crippen molar-refractivity contribution in [1.82, 2.24) is 35.0 Å². The number of hydrogen-bond acceptors (Lipinski definition) is 10. The number of nitrogens with two attached hydrogens (primary N) is 1. The highest BCUT2D eigenvalue weighted by molar-refractivity contribution is 6.02. The van der Waals surface area contributed by atoms with E-state index in [4.69, 9.17) is 15.2 Å². The summed E-state index contributed by atoms with van der Waals surface area (Å²) < 4.78 is 87.2. The highest BCUT2D eigenvalue weighted by atomic mass is 19.4. The Balaban J connectivity index is 1.50. The van der Waals surface area contributed by atoms with E-state index in [1.807, 2.05) is 7.05 Å². The zero-order valence-electron chi connectivity index (χ0n) is 25.8. The van der Waals surface area contributed by atoms with Crippen LogP contribution in [0, 0.1) is 18.6 Å². The number of aryl methyl sites for hydroxylation is 1. The van der Waals surface area contributed by atoms with Crippen LogP contribution in [0.4, 0.5) is 33.6 Å². The lowest BCUT2D eigenvalue weighted by Crippen LogP contribution is -2.48. The zero-order valence-corrected chi connectivity index (χ0v) is 25.8. The van der Waals surface area contributed by atoms with Crippen LogP contribution in [0.25, 0.3) is 33.1 Å². The summed E-state index contributed by atoms with van der Waals surface area (Å²) in [5.41, 5.74) is 4.09. The van der Waals surface area contributed by atoms with E-state index in [0.29, 0.717) is 5.56 Å². The summed E-state index contributed by atoms with van der Waals surface area (Å²) in [7, 11) is 1.94. The molecule has 1 saturated heterocycles. The second-order valence-corrected chi connectivity index (χ2v) is 12.0. The zero-order chi connectivity index (χ0) is 33.4. The third kappa shape index (κ3) is 5.10. The fourth-order valence-electron chi connectivity index (χ4n) is 6.42. The number of rotatable bonds is 6. The molecule has 0 saturated carbocycles. The lowest BCUT2D eigenvalue weighted by molar-refractivity contribution is -0.137. The van der Waals surface area contributed by atoms with Crippen molar-refractivity contribution in [1.29, 1.82) is 0 Å². The molecular formula is C31H30F5N9O2. The smallest absolute Gasteiger partial charge is 0.417 e. The van der Waals surface area contributed by atoms with Crippen LogP contribution < -0.4 is 20.1 Å². The highest BCUT2D eigenvalue weighted by Crippen LogP contribution is 2.47. The molecule has 7 rings (SSSR count). The number of ether oxygens (including phenoxy) is 2. The van der Waals surface area contributed by atoms with Crippen LogP contribution in [0.15, 0.2) is 24.5 Å². The number of H-pyrrole nitrogens is 1. The molecule has 0 amide bonds. The summed E-state index contributed by atoms with van der Waals surface area (Å²) in [5, 5.41) is 6.61. The first-order valence-corrected chi connectivity index (χ1v) is 14.9. The van der Waals surface area contributed by atoms with Crippen LogP contribution in [-0.2, 0) is 6.18 Å². The molecule has 6 heterocycles. The van der Waals surface area contributed by atoms with Crippen molar-refractivity contribution in [3.05, 3.63) is 52.9 Å². The van der Waals surface area contributed by atoms with E-state index in [0.717, 1.165) is 19.2 Å². The normalized spacial score (nSPS) is 19.0. The molecule has 2 aliphatic heterocycles. The maximum atomic E-state index is 17.0. The van der Waals surface area contributed by atoms with Crippen molar-refractivity contribution in [3.8, 4) is 23.1 Å². The van der Waals surface area contributed by atoms with Gasteiger partial charge in [-0.3, -0.25) is 10.00 Å². The van der Waals surface area contributed by atoms with E-state index in [2.05, 4.69) is 35.0 Å². The van der Waals surface area contributed by atoms with Gasteiger partial charge in [0, 0.05) is 22.6 Å². The number of hydrogen-bond donors (Lipinski definition) is 2. The van der Waals surface area contributed by atoms with Gasteiger partial charge >= 0.3 is 12.2 Å². The van der Waals surface area contributed by atoms with Crippen molar-refractivity contribution in [2.75, 3.05) is 37.4 Å². The minimum absolute atomic E-state index is 0.0168. The minimum Gasteiger partial charge on any atom is -0.475 e. The third-order valence-corrected chi connectivity index (χ3v) is 8.98. The van der Waals surface area contributed by atoms with Gasteiger partial charge < -0.3 is 20.1 Å². The van der Waals surface area contributed by atoms with E-state index < -0.39 is 46.7 Å². The number of nitrogen functional groups attached to an aromatic ring is 1. The summed E-state index contributed by atoms with van der Waals surface area (Å²) in [5.74, 6) is -1.70. The molecule has 16 heteroatoms. The van der Waals surface area contributed by atoms with Crippen LogP contribution in [0.5, 0.6) is 11.9 Å². The monoisotopic (exact) mass is 655 g/mol. The standard InChI is InChI=1S/C31H30F5N9O2/c1-13-7-20-19(10-39-43-20)21(23(13)31(34,35)36)25-24(33)26-22-28(42-30(41-26)47-12-17-5-6-44(17)4)45(14(2)11-46-29(22)40-25)15(3)18-8-16(32)9-38-27(18)37/h7-10,14-15,17H,5-6,11-12H2,1-4H3,(H2,37,38)(H,39,43)/t14-,15+,17+/m0/s1. The van der Waals surface area contributed by atoms with Crippen LogP contribution in [-0.4, -0.2) is 73.9 Å². The van der Waals surface area contributed by atoms with Gasteiger partial charge in [-0.15, -0.1) is 0 Å². The van der Waals surface area contributed by atoms with Gasteiger partial charge in [-0.2, -0.15) is 28.2 Å². The lowest BCUT2D eigenvalue weighted by atomic mass is 9.94. The van der Waals surface area contributed by atoms with Crippen molar-refractivity contribution >= 4 is 33.4 Å². The number of aromatic amines is 1. The third-order valence-electron chi connectivity index (χ3n) is 8.98. The Labute approximate surface area is 264 Å². The van der Waals surface area contributed by atoms with Gasteiger partial charge in [0.15, 0.2) is 5.82 Å². The fraction of sp³-hybridized carbons (Fsp3) is 0.387. The maximum Gasteiger partial charge on any atom is 0.417 e. The largest absolute Gasteiger partial charge is 0.475 e. The number of pyridine rings is 2. The first-order chi connectivity index (χ1) is 22.3. The number of aromatic nitrogens is 6. The molecule has 0 spiro atoms. The Kier molecular flexibility index (Phi) is 7.29. The van der Waals surface area contributed by atoms with Crippen LogP contribution in [0.2, 0.25) is 0 Å². The molecule has 3 N–H and O–H groups in total. The van der Waals surface area contributed by atoms with Crippen LogP contribution in [0.3, 0.4) is 0 Å². The van der Waals surface area contributed by atoms with Gasteiger partial charge in [0.1, 0.15) is 47.3 Å². The van der Waals surface area contributed by atoms with Crippen molar-refractivity contribution < 1.29 is 31.4 Å². The van der Waals surface area contributed by atoms with Gasteiger partial charge in [-0.25, -0.2) is 18.7 Å². The summed E-state index contributed by atoms with van der Waals surface area (Å²) in [4.78, 5) is 21.2. The Morgan fingerprint density at radius 2 is 1.96 bits per heavy atom. The molecule has 246 valence electrons. The number of nitrogens with zero attached hydrogens (tertiary/aromatic N) is 7. The molecule has 0 unspecified atom stereocenters. The first kappa shape index (κ1) is 30.8. The maximum absolute atomic E-state index is 17.0. The topological polar surface area (TPSA) is 131 Å². The van der Waals surface area contributed by atoms with Gasteiger partial charge in [0.2, 0.25) is 5.88 Å². The van der Waals surface area contributed by atoms with Crippen molar-refractivity contribution in [3.63, 3.8) is 0 Å². The van der Waals surface area contributed by atoms with Gasteiger partial charge in [-0.1, -0.05) is 0 Å². The number of likely N-dealkylation sites (tertiary alicyclic amines) is 1. The van der Waals surface area contributed by atoms with Crippen LogP contribution >= 0.6 is 0 Å². The molecule has 47 heavy (non-hydrogen) atoms. The Morgan fingerprint density at radius 1 is 1.17 bits per heavy atom. The number of fused-ring (bicyclic) bond motifs is 1. The second-order valence-electron chi connectivity index (χ2n) is 12.0. The van der Waals surface area contributed by atoms with Crippen molar-refractivity contribution in [2.24, 2.45) is 0 Å². The molecule has 1 aromatic carbocycles. The fourth-order valence-corrected chi connectivity index (χ4v) is 6.42. The Bertz CT molecular complexity index is 2040. The van der Waals surface area contributed by atoms with Gasteiger partial charge in [-0.05, 0) is 58.5 Å². The molecule has 3 atom stereocenters. The first-order valence-electron chi connectivity index (χ1n) is 14.9. The summed E-state index contributed by atoms with van der Waals surface area (Å²) >= 11 is 0. The van der Waals surface area contributed by atoms with E-state index in [9.17, 15) is 17.6 Å². The average Bonchev–Trinajstić information content (AvgIpc) is 3.43. The predicted octanol–water partition coefficient (Wildman–Crippen LogP) is 5.58. The minimum atomic E-state index is -4.86. The van der Waals surface area contributed by atoms with E-state index in [1.165, 1.54) is 25.3 Å². The number of likely N-dealkylation sites (N-methyl/N-ethyl adjacent to an activating group) is 1. The van der Waals surface area contributed by atoms with Gasteiger partial charge in [0.05, 0.1) is 35.6 Å². The molecule has 0 aliphatic carbocycles. The molecule has 2 aliphatic rings. The quantitative estimate of drug-likeness (QED) is 0.224. The molecule has 5 aromatic rings. The summed E-state index contributed by atoms with van der Waals surface area (Å²) in [6.45, 7) is 5.88. The number of nitrogens with one attached hydrogen (secondary N) is 1. The SMILES string of the molecule is Cc1cc2[nH]ncc2c(-c2nc3c4c(nc(OC[C@H]5CCN5C)nc4c2F)N([C@H](C)c2cc(F)cnc2N)[C@@H](C)CO3)c1C(F)(F)F. The molecule has 4 aromatic heterocycles. The van der Waals surface area contributed by atoms with E-state index in [1.54, 1.807) is 18.7 Å². The van der Waals surface area contributed by atoms with Gasteiger partial charge in [0.25, 0.3) is 0 Å². The number of anilines is 2. The Morgan fingerprint density at radius 3 is 2.66 bits per heavy atom. The predicted molar refractivity (Wildman–Crippen MR) is 163 cm³/mol. The number of alkyl halides is 3. The molecule has 0 radical (unpaired) electrons. The van der Waals surface area contributed by atoms with Crippen LogP contribution in [0.1, 0.15) is 43.0 Å². The molecular weight excluding hydrogens is 625 g/mol. The molecule has 0 bridgehead atoms. The number of benzene rings is 1. The molecule has 1 fully saturated rings. The van der Waals surface area contributed by atoms with E-state index in [-0.39, 0.29) is 70.2 Å². The van der Waals surface area contributed by atoms with Crippen molar-refractivity contribution in [2.45, 2.75) is 51.5 Å². The second kappa shape index (κ2) is 11.1. The number of halogens is 5. The summed E-state index contributed by atoms with van der Waals surface area (Å²) in [6.07, 6.45) is -1.79. The highest BCUT2D eigenvalue weighted by Gasteiger charge is 2.40. The lowest BCUT2D eigenvalue weighted by Gasteiger charge is -2.37. The van der Waals surface area contributed by atoms with E-state index >= 15 is 4.39 Å². The molecule has 11 nitrogen and oxygen atoms in total. The Hall–Kier alpha value is -4.86.